The Kier molecular flexibility index (Phi) is 3.71. The summed E-state index contributed by atoms with van der Waals surface area (Å²) in [5.74, 6) is 0.913. The number of fused-ring (bicyclic) bond motifs is 1. The van der Waals surface area contributed by atoms with Crippen molar-refractivity contribution in [2.45, 2.75) is 26.8 Å². The predicted octanol–water partition coefficient (Wildman–Crippen LogP) is 3.10. The second-order valence-electron chi connectivity index (χ2n) is 5.39. The Bertz CT molecular complexity index is 760. The highest BCUT2D eigenvalue weighted by atomic mass is 16.3. The van der Waals surface area contributed by atoms with E-state index in [1.807, 2.05) is 13.1 Å². The SMILES string of the molecule is Cc1ccc(-c2nc3cc(C)cnc3n2CCCO)cc1. The van der Waals surface area contributed by atoms with Crippen LogP contribution < -0.4 is 0 Å². The number of hydrogen-bond acceptors (Lipinski definition) is 3. The second kappa shape index (κ2) is 5.66. The van der Waals surface area contributed by atoms with Gasteiger partial charge in [0, 0.05) is 24.9 Å². The molecule has 0 amide bonds. The van der Waals surface area contributed by atoms with Crippen LogP contribution in [0.5, 0.6) is 0 Å². The molecule has 0 aliphatic heterocycles. The molecule has 0 bridgehead atoms. The number of imidazole rings is 1. The van der Waals surface area contributed by atoms with E-state index in [1.165, 1.54) is 5.56 Å². The molecule has 1 aromatic carbocycles. The van der Waals surface area contributed by atoms with Gasteiger partial charge >= 0.3 is 0 Å². The summed E-state index contributed by atoms with van der Waals surface area (Å²) < 4.78 is 2.09. The van der Waals surface area contributed by atoms with E-state index >= 15 is 0 Å². The topological polar surface area (TPSA) is 50.9 Å². The Labute approximate surface area is 124 Å². The van der Waals surface area contributed by atoms with Crippen molar-refractivity contribution in [2.24, 2.45) is 0 Å². The Morgan fingerprint density at radius 3 is 2.57 bits per heavy atom. The van der Waals surface area contributed by atoms with E-state index in [0.29, 0.717) is 13.0 Å². The van der Waals surface area contributed by atoms with E-state index in [1.54, 1.807) is 0 Å². The molecule has 2 aromatic heterocycles. The molecular weight excluding hydrogens is 262 g/mol. The lowest BCUT2D eigenvalue weighted by Crippen LogP contribution is -2.03. The van der Waals surface area contributed by atoms with Crippen LogP contribution in [-0.4, -0.2) is 26.2 Å². The molecule has 3 rings (SSSR count). The first kappa shape index (κ1) is 13.8. The van der Waals surface area contributed by atoms with Gasteiger partial charge in [-0.15, -0.1) is 0 Å². The van der Waals surface area contributed by atoms with Crippen molar-refractivity contribution in [2.75, 3.05) is 6.61 Å². The number of aliphatic hydroxyl groups excluding tert-OH is 1. The zero-order valence-electron chi connectivity index (χ0n) is 12.4. The molecule has 21 heavy (non-hydrogen) atoms. The predicted molar refractivity (Wildman–Crippen MR) is 84.1 cm³/mol. The summed E-state index contributed by atoms with van der Waals surface area (Å²) in [5.41, 5.74) is 5.19. The summed E-state index contributed by atoms with van der Waals surface area (Å²) in [5, 5.41) is 9.12. The summed E-state index contributed by atoms with van der Waals surface area (Å²) in [6, 6.07) is 10.4. The summed E-state index contributed by atoms with van der Waals surface area (Å²) in [6.07, 6.45) is 2.55. The molecule has 0 atom stereocenters. The molecule has 0 radical (unpaired) electrons. The van der Waals surface area contributed by atoms with Crippen LogP contribution in [0.2, 0.25) is 0 Å². The average Bonchev–Trinajstić information content (AvgIpc) is 2.83. The molecular formula is C17H19N3O. The van der Waals surface area contributed by atoms with Crippen LogP contribution in [0.1, 0.15) is 17.5 Å². The number of aromatic nitrogens is 3. The minimum atomic E-state index is 0.166. The van der Waals surface area contributed by atoms with Crippen LogP contribution in [-0.2, 0) is 6.54 Å². The molecule has 4 nitrogen and oxygen atoms in total. The maximum atomic E-state index is 9.12. The Hall–Kier alpha value is -2.20. The fraction of sp³-hybridized carbons (Fsp3) is 0.294. The molecule has 0 saturated carbocycles. The molecule has 108 valence electrons. The molecule has 1 N–H and O–H groups in total. The number of pyridine rings is 1. The van der Waals surface area contributed by atoms with Crippen molar-refractivity contribution in [3.05, 3.63) is 47.7 Å². The quantitative estimate of drug-likeness (QED) is 0.799. The summed E-state index contributed by atoms with van der Waals surface area (Å²) in [4.78, 5) is 9.26. The lowest BCUT2D eigenvalue weighted by atomic mass is 10.1. The molecule has 0 aliphatic carbocycles. The van der Waals surface area contributed by atoms with Gasteiger partial charge in [0.15, 0.2) is 5.65 Å². The van der Waals surface area contributed by atoms with Gasteiger partial charge in [0.2, 0.25) is 0 Å². The van der Waals surface area contributed by atoms with Crippen LogP contribution in [0.4, 0.5) is 0 Å². The van der Waals surface area contributed by atoms with Crippen molar-refractivity contribution in [3.8, 4) is 11.4 Å². The van der Waals surface area contributed by atoms with Gasteiger partial charge in [-0.2, -0.15) is 0 Å². The molecule has 0 spiro atoms. The highest BCUT2D eigenvalue weighted by molar-refractivity contribution is 5.77. The average molecular weight is 281 g/mol. The van der Waals surface area contributed by atoms with Crippen LogP contribution in [0, 0.1) is 13.8 Å². The third-order valence-corrected chi connectivity index (χ3v) is 3.57. The van der Waals surface area contributed by atoms with Crippen molar-refractivity contribution in [3.63, 3.8) is 0 Å². The van der Waals surface area contributed by atoms with E-state index in [2.05, 4.69) is 46.8 Å². The van der Waals surface area contributed by atoms with Gasteiger partial charge in [-0.05, 0) is 31.9 Å². The van der Waals surface area contributed by atoms with Crippen LogP contribution in [0.3, 0.4) is 0 Å². The highest BCUT2D eigenvalue weighted by Gasteiger charge is 2.13. The normalized spacial score (nSPS) is 11.2. The third kappa shape index (κ3) is 2.67. The summed E-state index contributed by atoms with van der Waals surface area (Å²) >= 11 is 0. The maximum absolute atomic E-state index is 9.12. The lowest BCUT2D eigenvalue weighted by molar-refractivity contribution is 0.280. The smallest absolute Gasteiger partial charge is 0.160 e. The number of aryl methyl sites for hydroxylation is 3. The van der Waals surface area contributed by atoms with Gasteiger partial charge in [-0.1, -0.05) is 29.8 Å². The van der Waals surface area contributed by atoms with E-state index in [9.17, 15) is 0 Å². The lowest BCUT2D eigenvalue weighted by Gasteiger charge is -2.08. The van der Waals surface area contributed by atoms with Gasteiger partial charge in [0.05, 0.1) is 0 Å². The van der Waals surface area contributed by atoms with Gasteiger partial charge in [0.25, 0.3) is 0 Å². The fourth-order valence-corrected chi connectivity index (χ4v) is 2.48. The fourth-order valence-electron chi connectivity index (χ4n) is 2.48. The van der Waals surface area contributed by atoms with Crippen molar-refractivity contribution < 1.29 is 5.11 Å². The van der Waals surface area contributed by atoms with Gasteiger partial charge in [-0.25, -0.2) is 9.97 Å². The molecule has 0 saturated heterocycles. The number of rotatable bonds is 4. The molecule has 2 heterocycles. The first-order chi connectivity index (χ1) is 10.2. The van der Waals surface area contributed by atoms with E-state index in [4.69, 9.17) is 10.1 Å². The number of benzene rings is 1. The Balaban J connectivity index is 2.17. The Morgan fingerprint density at radius 2 is 1.86 bits per heavy atom. The zero-order chi connectivity index (χ0) is 14.8. The first-order valence-electron chi connectivity index (χ1n) is 7.20. The molecule has 3 aromatic rings. The number of hydrogen-bond donors (Lipinski definition) is 1. The van der Waals surface area contributed by atoms with E-state index in [0.717, 1.165) is 28.1 Å². The molecule has 4 heteroatoms. The highest BCUT2D eigenvalue weighted by Crippen LogP contribution is 2.24. The monoisotopic (exact) mass is 281 g/mol. The number of aliphatic hydroxyl groups is 1. The van der Waals surface area contributed by atoms with Crippen LogP contribution in [0.25, 0.3) is 22.6 Å². The van der Waals surface area contributed by atoms with Gasteiger partial charge < -0.3 is 9.67 Å². The largest absolute Gasteiger partial charge is 0.396 e. The van der Waals surface area contributed by atoms with Gasteiger partial charge in [-0.3, -0.25) is 0 Å². The van der Waals surface area contributed by atoms with Crippen molar-refractivity contribution in [1.82, 2.24) is 14.5 Å². The minimum Gasteiger partial charge on any atom is -0.396 e. The second-order valence-corrected chi connectivity index (χ2v) is 5.39. The Morgan fingerprint density at radius 1 is 1.10 bits per heavy atom. The van der Waals surface area contributed by atoms with Crippen molar-refractivity contribution in [1.29, 1.82) is 0 Å². The summed E-state index contributed by atoms with van der Waals surface area (Å²) in [7, 11) is 0. The van der Waals surface area contributed by atoms with Gasteiger partial charge in [0.1, 0.15) is 11.3 Å². The van der Waals surface area contributed by atoms with E-state index < -0.39 is 0 Å². The van der Waals surface area contributed by atoms with Crippen LogP contribution >= 0.6 is 0 Å². The maximum Gasteiger partial charge on any atom is 0.160 e. The van der Waals surface area contributed by atoms with Crippen LogP contribution in [0.15, 0.2) is 36.5 Å². The van der Waals surface area contributed by atoms with Crippen molar-refractivity contribution >= 4 is 11.2 Å². The third-order valence-electron chi connectivity index (χ3n) is 3.57. The van der Waals surface area contributed by atoms with E-state index in [-0.39, 0.29) is 6.61 Å². The molecule has 0 unspecified atom stereocenters. The number of nitrogens with zero attached hydrogens (tertiary/aromatic N) is 3. The minimum absolute atomic E-state index is 0.166. The molecule has 0 aliphatic rings. The standard InChI is InChI=1S/C17H19N3O/c1-12-4-6-14(7-5-12)16-19-15-10-13(2)11-18-17(15)20(16)8-3-9-21/h4-7,10-11,21H,3,8-9H2,1-2H3. The zero-order valence-corrected chi connectivity index (χ0v) is 12.4. The first-order valence-corrected chi connectivity index (χ1v) is 7.20. The molecule has 0 fully saturated rings. The summed E-state index contributed by atoms with van der Waals surface area (Å²) in [6.45, 7) is 4.97.